The minimum Gasteiger partial charge on any atom is -0.448 e. The molecule has 0 aliphatic carbocycles. The molecule has 0 N–H and O–H groups in total. The summed E-state index contributed by atoms with van der Waals surface area (Å²) in [5.74, 6) is 0. The predicted octanol–water partition coefficient (Wildman–Crippen LogP) is 3.44. The quantitative estimate of drug-likeness (QED) is 0.835. The van der Waals surface area contributed by atoms with Crippen LogP contribution in [0.5, 0.6) is 0 Å². The number of nitrogens with zero attached hydrogens (tertiary/aromatic N) is 2. The third kappa shape index (κ3) is 3.43. The third-order valence-corrected chi connectivity index (χ3v) is 4.94. The van der Waals surface area contributed by atoms with Gasteiger partial charge >= 0.3 is 6.09 Å². The van der Waals surface area contributed by atoms with Crippen molar-refractivity contribution in [2.45, 2.75) is 44.7 Å². The van der Waals surface area contributed by atoms with Crippen LogP contribution in [0.25, 0.3) is 0 Å². The summed E-state index contributed by atoms with van der Waals surface area (Å²) < 4.78 is 4.99. The van der Waals surface area contributed by atoms with Gasteiger partial charge < -0.3 is 9.64 Å². The Labute approximate surface area is 133 Å². The second-order valence-corrected chi connectivity index (χ2v) is 6.40. The fraction of sp³-hybridized carbons (Fsp3) is 0.611. The number of carbonyl (C=O) groups excluding carboxylic acids is 1. The molecule has 1 aromatic rings. The first-order valence-electron chi connectivity index (χ1n) is 8.48. The smallest absolute Gasteiger partial charge is 0.409 e. The molecule has 4 heteroatoms. The first kappa shape index (κ1) is 15.3. The van der Waals surface area contributed by atoms with Crippen molar-refractivity contribution in [3.63, 3.8) is 0 Å². The third-order valence-electron chi connectivity index (χ3n) is 4.94. The van der Waals surface area contributed by atoms with Gasteiger partial charge in [0.1, 0.15) is 6.61 Å². The lowest BCUT2D eigenvalue weighted by atomic mass is 9.91. The van der Waals surface area contributed by atoms with Crippen molar-refractivity contribution in [1.82, 2.24) is 9.80 Å². The molecule has 2 heterocycles. The highest BCUT2D eigenvalue weighted by atomic mass is 16.6. The van der Waals surface area contributed by atoms with E-state index >= 15 is 0 Å². The van der Waals surface area contributed by atoms with E-state index in [1.54, 1.807) is 0 Å². The van der Waals surface area contributed by atoms with Crippen molar-refractivity contribution >= 4 is 6.09 Å². The van der Waals surface area contributed by atoms with Gasteiger partial charge in [-0.05, 0) is 31.7 Å². The number of carbonyl (C=O) groups is 1. The largest absolute Gasteiger partial charge is 0.448 e. The van der Waals surface area contributed by atoms with Crippen LogP contribution in [-0.4, -0.2) is 48.2 Å². The summed E-state index contributed by atoms with van der Waals surface area (Å²) >= 11 is 0. The van der Waals surface area contributed by atoms with Crippen molar-refractivity contribution in [1.29, 1.82) is 0 Å². The highest BCUT2D eigenvalue weighted by Crippen LogP contribution is 2.34. The van der Waals surface area contributed by atoms with Crippen LogP contribution in [0.3, 0.4) is 0 Å². The zero-order valence-corrected chi connectivity index (χ0v) is 13.4. The first-order valence-corrected chi connectivity index (χ1v) is 8.48. The number of hydrogen-bond acceptors (Lipinski definition) is 3. The topological polar surface area (TPSA) is 32.8 Å². The standard InChI is InChI=1S/C18H26N2O2/c1-15-7-5-10-17(16-8-3-2-4-9-16)20(15)12-6-11-19-13-14-22-18(19)21/h2-4,8-9,15,17H,5-7,10-14H2,1H3/t15-,17-/m0/s1. The van der Waals surface area contributed by atoms with Gasteiger partial charge in [-0.15, -0.1) is 0 Å². The van der Waals surface area contributed by atoms with Crippen LogP contribution in [0.4, 0.5) is 4.79 Å². The van der Waals surface area contributed by atoms with Gasteiger partial charge in [0.25, 0.3) is 0 Å². The van der Waals surface area contributed by atoms with Crippen molar-refractivity contribution in [3.8, 4) is 0 Å². The molecule has 2 aliphatic heterocycles. The van der Waals surface area contributed by atoms with Crippen LogP contribution in [0, 0.1) is 0 Å². The molecule has 120 valence electrons. The van der Waals surface area contributed by atoms with Gasteiger partial charge in [0.05, 0.1) is 6.54 Å². The molecule has 2 atom stereocenters. The predicted molar refractivity (Wildman–Crippen MR) is 86.7 cm³/mol. The summed E-state index contributed by atoms with van der Waals surface area (Å²) in [7, 11) is 0. The molecule has 2 saturated heterocycles. The maximum Gasteiger partial charge on any atom is 0.409 e. The number of cyclic esters (lactones) is 1. The summed E-state index contributed by atoms with van der Waals surface area (Å²) in [4.78, 5) is 15.9. The maximum absolute atomic E-state index is 11.5. The fourth-order valence-corrected chi connectivity index (χ4v) is 3.73. The lowest BCUT2D eigenvalue weighted by Gasteiger charge is -2.41. The number of rotatable bonds is 5. The van der Waals surface area contributed by atoms with Gasteiger partial charge in [-0.25, -0.2) is 4.79 Å². The molecule has 3 rings (SSSR count). The van der Waals surface area contributed by atoms with E-state index in [9.17, 15) is 4.79 Å². The lowest BCUT2D eigenvalue weighted by molar-refractivity contribution is 0.0879. The lowest BCUT2D eigenvalue weighted by Crippen LogP contribution is -2.41. The zero-order valence-electron chi connectivity index (χ0n) is 13.4. The molecule has 2 aliphatic rings. The van der Waals surface area contributed by atoms with E-state index in [4.69, 9.17) is 4.74 Å². The van der Waals surface area contributed by atoms with Crippen LogP contribution in [0.2, 0.25) is 0 Å². The Hall–Kier alpha value is -1.55. The summed E-state index contributed by atoms with van der Waals surface area (Å²) in [6.07, 6.45) is 4.68. The molecule has 1 aromatic carbocycles. The van der Waals surface area contributed by atoms with Gasteiger partial charge in [0.2, 0.25) is 0 Å². The molecule has 0 bridgehead atoms. The van der Waals surface area contributed by atoms with Crippen molar-refractivity contribution in [3.05, 3.63) is 35.9 Å². The zero-order chi connectivity index (χ0) is 15.4. The number of benzene rings is 1. The van der Waals surface area contributed by atoms with Crippen molar-refractivity contribution < 1.29 is 9.53 Å². The molecule has 0 radical (unpaired) electrons. The molecule has 0 unspecified atom stereocenters. The Bertz CT molecular complexity index is 491. The first-order chi connectivity index (χ1) is 10.8. The Morgan fingerprint density at radius 3 is 2.73 bits per heavy atom. The van der Waals surface area contributed by atoms with E-state index in [1.165, 1.54) is 24.8 Å². The monoisotopic (exact) mass is 302 g/mol. The number of ether oxygens (including phenoxy) is 1. The summed E-state index contributed by atoms with van der Waals surface area (Å²) in [6, 6.07) is 12.0. The van der Waals surface area contributed by atoms with Gasteiger partial charge in [-0.1, -0.05) is 36.8 Å². The van der Waals surface area contributed by atoms with E-state index in [1.807, 2.05) is 4.90 Å². The molecule has 22 heavy (non-hydrogen) atoms. The molecular weight excluding hydrogens is 276 g/mol. The minimum atomic E-state index is -0.147. The SMILES string of the molecule is C[C@H]1CCC[C@@H](c2ccccc2)N1CCCN1CCOC1=O. The molecule has 0 saturated carbocycles. The van der Waals surface area contributed by atoms with Crippen LogP contribution in [0.15, 0.2) is 30.3 Å². The molecule has 4 nitrogen and oxygen atoms in total. The minimum absolute atomic E-state index is 0.147. The number of amides is 1. The summed E-state index contributed by atoms with van der Waals surface area (Å²) in [6.45, 7) is 5.48. The van der Waals surface area contributed by atoms with Crippen LogP contribution in [0.1, 0.15) is 44.2 Å². The van der Waals surface area contributed by atoms with E-state index in [2.05, 4.69) is 42.2 Å². The molecule has 1 amide bonds. The van der Waals surface area contributed by atoms with Gasteiger partial charge in [0, 0.05) is 25.2 Å². The van der Waals surface area contributed by atoms with Gasteiger partial charge in [-0.2, -0.15) is 0 Å². The van der Waals surface area contributed by atoms with E-state index in [0.717, 1.165) is 26.1 Å². The summed E-state index contributed by atoms with van der Waals surface area (Å²) in [5.41, 5.74) is 1.43. The van der Waals surface area contributed by atoms with Crippen LogP contribution in [-0.2, 0) is 4.74 Å². The van der Waals surface area contributed by atoms with Crippen molar-refractivity contribution in [2.75, 3.05) is 26.2 Å². The molecule has 2 fully saturated rings. The van der Waals surface area contributed by atoms with Crippen LogP contribution < -0.4 is 0 Å². The molecule has 0 spiro atoms. The highest BCUT2D eigenvalue weighted by Gasteiger charge is 2.29. The van der Waals surface area contributed by atoms with Crippen LogP contribution >= 0.6 is 0 Å². The Balaban J connectivity index is 1.59. The summed E-state index contributed by atoms with van der Waals surface area (Å²) in [5, 5.41) is 0. The van der Waals surface area contributed by atoms with Crippen molar-refractivity contribution in [2.24, 2.45) is 0 Å². The van der Waals surface area contributed by atoms with E-state index < -0.39 is 0 Å². The van der Waals surface area contributed by atoms with E-state index in [0.29, 0.717) is 18.7 Å². The Kier molecular flexibility index (Phi) is 4.98. The van der Waals surface area contributed by atoms with E-state index in [-0.39, 0.29) is 6.09 Å². The Morgan fingerprint density at radius 2 is 2.00 bits per heavy atom. The van der Waals surface area contributed by atoms with Gasteiger partial charge in [0.15, 0.2) is 0 Å². The second kappa shape index (κ2) is 7.14. The number of piperidine rings is 1. The maximum atomic E-state index is 11.5. The fourth-order valence-electron chi connectivity index (χ4n) is 3.73. The number of likely N-dealkylation sites (tertiary alicyclic amines) is 1. The normalized spacial score (nSPS) is 26.2. The average molecular weight is 302 g/mol. The molecule has 0 aromatic heterocycles. The Morgan fingerprint density at radius 1 is 1.18 bits per heavy atom. The number of hydrogen-bond donors (Lipinski definition) is 0. The molecular formula is C18H26N2O2. The van der Waals surface area contributed by atoms with Gasteiger partial charge in [-0.3, -0.25) is 4.90 Å². The average Bonchev–Trinajstić information content (AvgIpc) is 2.95. The second-order valence-electron chi connectivity index (χ2n) is 6.40. The highest BCUT2D eigenvalue weighted by molar-refractivity contribution is 5.69.